The van der Waals surface area contributed by atoms with Crippen molar-refractivity contribution >= 4 is 0 Å². The highest BCUT2D eigenvalue weighted by Crippen LogP contribution is 2.29. The van der Waals surface area contributed by atoms with E-state index in [2.05, 4.69) is 24.3 Å². The van der Waals surface area contributed by atoms with Gasteiger partial charge in [-0.15, -0.1) is 0 Å². The predicted molar refractivity (Wildman–Crippen MR) is 45.8 cm³/mol. The van der Waals surface area contributed by atoms with Gasteiger partial charge in [-0.25, -0.2) is 0 Å². The highest BCUT2D eigenvalue weighted by molar-refractivity contribution is 4.99. The number of rotatable bonds is 2. The molecule has 0 amide bonds. The summed E-state index contributed by atoms with van der Waals surface area (Å²) in [5.74, 6) is 0.833. The van der Waals surface area contributed by atoms with Gasteiger partial charge in [0.1, 0.15) is 0 Å². The molecular formula is C10H12N2. The van der Waals surface area contributed by atoms with E-state index < -0.39 is 0 Å². The van der Waals surface area contributed by atoms with E-state index in [-0.39, 0.29) is 0 Å². The highest BCUT2D eigenvalue weighted by atomic mass is 14.3. The molecule has 2 atom stereocenters. The van der Waals surface area contributed by atoms with E-state index in [0.717, 1.165) is 12.8 Å². The number of nitrogens with zero attached hydrogens (tertiary/aromatic N) is 2. The van der Waals surface area contributed by atoms with Gasteiger partial charge in [0.2, 0.25) is 0 Å². The quantitative estimate of drug-likeness (QED) is 0.582. The summed E-state index contributed by atoms with van der Waals surface area (Å²) in [4.78, 5) is 0. The zero-order valence-corrected chi connectivity index (χ0v) is 7.03. The minimum Gasteiger partial charge on any atom is -0.198 e. The van der Waals surface area contributed by atoms with Gasteiger partial charge in [-0.3, -0.25) is 0 Å². The van der Waals surface area contributed by atoms with Gasteiger partial charge < -0.3 is 0 Å². The molecule has 2 heteroatoms. The van der Waals surface area contributed by atoms with Gasteiger partial charge in [0, 0.05) is 12.8 Å². The van der Waals surface area contributed by atoms with Crippen molar-refractivity contribution in [1.29, 1.82) is 10.5 Å². The number of hydrogen-bond acceptors (Lipinski definition) is 2. The van der Waals surface area contributed by atoms with E-state index in [1.54, 1.807) is 0 Å². The molecule has 0 heterocycles. The Labute approximate surface area is 73.1 Å². The van der Waals surface area contributed by atoms with Crippen LogP contribution in [0.15, 0.2) is 12.2 Å². The molecule has 0 radical (unpaired) electrons. The summed E-state index contributed by atoms with van der Waals surface area (Å²) in [7, 11) is 0. The number of hydrogen-bond donors (Lipinski definition) is 0. The molecule has 0 aromatic rings. The molecule has 0 saturated heterocycles. The van der Waals surface area contributed by atoms with Crippen molar-refractivity contribution in [2.45, 2.75) is 25.7 Å². The van der Waals surface area contributed by atoms with E-state index in [1.165, 1.54) is 0 Å². The van der Waals surface area contributed by atoms with E-state index in [4.69, 9.17) is 10.5 Å². The molecular weight excluding hydrogens is 148 g/mol. The van der Waals surface area contributed by atoms with Gasteiger partial charge in [-0.1, -0.05) is 12.2 Å². The van der Waals surface area contributed by atoms with Crippen molar-refractivity contribution in [3.05, 3.63) is 12.2 Å². The fourth-order valence-corrected chi connectivity index (χ4v) is 1.66. The maximum Gasteiger partial charge on any atom is 0.0624 e. The van der Waals surface area contributed by atoms with Crippen LogP contribution >= 0.6 is 0 Å². The summed E-state index contributed by atoms with van der Waals surface area (Å²) in [5.41, 5.74) is 0. The minimum absolute atomic E-state index is 0.416. The largest absolute Gasteiger partial charge is 0.198 e. The normalized spacial score (nSPS) is 27.5. The van der Waals surface area contributed by atoms with Crippen LogP contribution in [0.3, 0.4) is 0 Å². The second-order valence-electron chi connectivity index (χ2n) is 3.19. The molecule has 1 rings (SSSR count). The molecule has 0 spiro atoms. The topological polar surface area (TPSA) is 47.6 Å². The first-order valence-corrected chi connectivity index (χ1v) is 4.27. The summed E-state index contributed by atoms with van der Waals surface area (Å²) < 4.78 is 0. The summed E-state index contributed by atoms with van der Waals surface area (Å²) >= 11 is 0. The van der Waals surface area contributed by atoms with Crippen molar-refractivity contribution in [3.8, 4) is 12.1 Å². The van der Waals surface area contributed by atoms with Crippen molar-refractivity contribution < 1.29 is 0 Å². The van der Waals surface area contributed by atoms with E-state index >= 15 is 0 Å². The number of allylic oxidation sites excluding steroid dienone is 2. The third-order valence-corrected chi connectivity index (χ3v) is 2.42. The predicted octanol–water partition coefficient (Wildman–Crippen LogP) is 2.40. The molecule has 1 aliphatic rings. The Morgan fingerprint density at radius 2 is 1.42 bits per heavy atom. The Balaban J connectivity index is 2.52. The fourth-order valence-electron chi connectivity index (χ4n) is 1.66. The van der Waals surface area contributed by atoms with Crippen molar-refractivity contribution in [1.82, 2.24) is 0 Å². The first-order chi connectivity index (χ1) is 5.88. The zero-order valence-electron chi connectivity index (χ0n) is 7.03. The molecule has 2 nitrogen and oxygen atoms in total. The highest BCUT2D eigenvalue weighted by Gasteiger charge is 2.21. The first kappa shape index (κ1) is 8.81. The van der Waals surface area contributed by atoms with Crippen LogP contribution in [0.2, 0.25) is 0 Å². The third kappa shape index (κ3) is 2.10. The first-order valence-electron chi connectivity index (χ1n) is 4.27. The second-order valence-corrected chi connectivity index (χ2v) is 3.19. The van der Waals surface area contributed by atoms with E-state index in [1.807, 2.05) is 0 Å². The molecule has 0 N–H and O–H groups in total. The van der Waals surface area contributed by atoms with Gasteiger partial charge in [0.25, 0.3) is 0 Å². The SMILES string of the molecule is N#CC[C@@H]1CC=CC[C@@H]1CC#N. The second kappa shape index (κ2) is 4.57. The van der Waals surface area contributed by atoms with Crippen molar-refractivity contribution in [2.75, 3.05) is 0 Å². The van der Waals surface area contributed by atoms with Crippen LogP contribution in [-0.2, 0) is 0 Å². The van der Waals surface area contributed by atoms with Crippen LogP contribution in [-0.4, -0.2) is 0 Å². The Morgan fingerprint density at radius 1 is 1.00 bits per heavy atom. The summed E-state index contributed by atoms with van der Waals surface area (Å²) in [6.45, 7) is 0. The summed E-state index contributed by atoms with van der Waals surface area (Å²) in [6, 6.07) is 4.37. The lowest BCUT2D eigenvalue weighted by atomic mass is 9.80. The van der Waals surface area contributed by atoms with E-state index in [0.29, 0.717) is 24.7 Å². The summed E-state index contributed by atoms with van der Waals surface area (Å²) in [6.07, 6.45) is 7.37. The lowest BCUT2D eigenvalue weighted by molar-refractivity contribution is 0.333. The Morgan fingerprint density at radius 3 is 1.75 bits per heavy atom. The molecule has 0 aromatic carbocycles. The average molecular weight is 160 g/mol. The minimum atomic E-state index is 0.416. The Bertz CT molecular complexity index is 216. The van der Waals surface area contributed by atoms with Gasteiger partial charge in [0.05, 0.1) is 12.1 Å². The van der Waals surface area contributed by atoms with Crippen molar-refractivity contribution in [2.24, 2.45) is 11.8 Å². The Kier molecular flexibility index (Phi) is 3.35. The molecule has 0 aromatic heterocycles. The maximum atomic E-state index is 8.55. The van der Waals surface area contributed by atoms with Crippen LogP contribution in [0.25, 0.3) is 0 Å². The molecule has 0 fully saturated rings. The van der Waals surface area contributed by atoms with Gasteiger partial charge in [-0.05, 0) is 24.7 Å². The van der Waals surface area contributed by atoms with Crippen LogP contribution < -0.4 is 0 Å². The van der Waals surface area contributed by atoms with Crippen LogP contribution in [0, 0.1) is 34.5 Å². The average Bonchev–Trinajstić information content (AvgIpc) is 2.09. The fraction of sp³-hybridized carbons (Fsp3) is 0.600. The summed E-state index contributed by atoms with van der Waals surface area (Å²) in [5, 5.41) is 17.1. The van der Waals surface area contributed by atoms with Crippen LogP contribution in [0.5, 0.6) is 0 Å². The molecule has 0 aliphatic heterocycles. The maximum absolute atomic E-state index is 8.55. The lowest BCUT2D eigenvalue weighted by Crippen LogP contribution is -2.15. The third-order valence-electron chi connectivity index (χ3n) is 2.42. The molecule has 0 bridgehead atoms. The molecule has 12 heavy (non-hydrogen) atoms. The molecule has 0 saturated carbocycles. The van der Waals surface area contributed by atoms with Gasteiger partial charge in [-0.2, -0.15) is 10.5 Å². The molecule has 62 valence electrons. The van der Waals surface area contributed by atoms with Crippen LogP contribution in [0.1, 0.15) is 25.7 Å². The monoisotopic (exact) mass is 160 g/mol. The standard InChI is InChI=1S/C10H12N2/c11-7-5-9-3-1-2-4-10(9)6-8-12/h1-2,9-10H,3-6H2/t9-,10+. The number of nitriles is 2. The molecule has 0 unspecified atom stereocenters. The van der Waals surface area contributed by atoms with Gasteiger partial charge >= 0.3 is 0 Å². The Hall–Kier alpha value is -1.28. The van der Waals surface area contributed by atoms with E-state index in [9.17, 15) is 0 Å². The van der Waals surface area contributed by atoms with Crippen molar-refractivity contribution in [3.63, 3.8) is 0 Å². The van der Waals surface area contributed by atoms with Crippen LogP contribution in [0.4, 0.5) is 0 Å². The lowest BCUT2D eigenvalue weighted by Gasteiger charge is -2.23. The van der Waals surface area contributed by atoms with Gasteiger partial charge in [0.15, 0.2) is 0 Å². The molecule has 1 aliphatic carbocycles. The smallest absolute Gasteiger partial charge is 0.0624 e. The zero-order chi connectivity index (χ0) is 8.81.